The van der Waals surface area contributed by atoms with Crippen molar-refractivity contribution in [2.45, 2.75) is 5.08 Å². The molecule has 0 aliphatic heterocycles. The van der Waals surface area contributed by atoms with E-state index in [0.29, 0.717) is 0 Å². The fraction of sp³-hybridized carbons (Fsp3) is 1.00. The first-order chi connectivity index (χ1) is 6.21. The summed E-state index contributed by atoms with van der Waals surface area (Å²) in [5, 5.41) is 4.93. The van der Waals surface area contributed by atoms with Gasteiger partial charge in [-0.3, -0.25) is 13.7 Å². The van der Waals surface area contributed by atoms with E-state index in [9.17, 15) is 13.7 Å². The molecule has 0 fully saturated rings. The Morgan fingerprint density at radius 1 is 0.800 bits per heavy atom. The summed E-state index contributed by atoms with van der Waals surface area (Å²) >= 11 is 0. The van der Waals surface area contributed by atoms with Crippen molar-refractivity contribution in [2.75, 3.05) is 6.16 Å². The molecule has 0 unspecified atom stereocenters. The van der Waals surface area contributed by atoms with Gasteiger partial charge in [0.25, 0.3) is 5.08 Å². The normalized spacial score (nSPS) is 15.4. The molecule has 0 aromatic carbocycles. The van der Waals surface area contributed by atoms with Gasteiger partial charge in [0.15, 0.2) is 0 Å². The van der Waals surface area contributed by atoms with Crippen molar-refractivity contribution in [3.05, 3.63) is 0 Å². The van der Waals surface area contributed by atoms with Crippen molar-refractivity contribution in [2.24, 2.45) is 0 Å². The summed E-state index contributed by atoms with van der Waals surface area (Å²) in [6, 6.07) is 0. The van der Waals surface area contributed by atoms with Crippen molar-refractivity contribution in [3.8, 4) is 0 Å². The first kappa shape index (κ1) is 15.4. The molecule has 0 aromatic rings. The third-order valence-electron chi connectivity index (χ3n) is 1.35. The third kappa shape index (κ3) is 3.72. The summed E-state index contributed by atoms with van der Waals surface area (Å²) in [4.78, 5) is 50.5. The summed E-state index contributed by atoms with van der Waals surface area (Å²) in [7, 11) is -16.8. The van der Waals surface area contributed by atoms with E-state index in [0.717, 1.165) is 0 Å². The van der Waals surface area contributed by atoms with Crippen LogP contribution in [0.3, 0.4) is 0 Å². The molecular formula is C2H9O10P3. The van der Waals surface area contributed by atoms with Crippen LogP contribution in [-0.2, 0) is 13.7 Å². The molecule has 0 rings (SSSR count). The summed E-state index contributed by atoms with van der Waals surface area (Å²) in [5.41, 5.74) is 0. The van der Waals surface area contributed by atoms with Crippen molar-refractivity contribution in [1.82, 2.24) is 0 Å². The Morgan fingerprint density at radius 3 is 1.13 bits per heavy atom. The first-order valence-electron chi connectivity index (χ1n) is 3.09. The molecule has 0 aliphatic carbocycles. The summed E-state index contributed by atoms with van der Waals surface area (Å²) < 4.78 is 31.6. The zero-order valence-electron chi connectivity index (χ0n) is 6.90. The second-order valence-corrected chi connectivity index (χ2v) is 8.34. The van der Waals surface area contributed by atoms with Gasteiger partial charge in [0.05, 0.1) is 0 Å². The molecule has 0 saturated carbocycles. The Labute approximate surface area is 83.1 Å². The van der Waals surface area contributed by atoms with Crippen LogP contribution in [0.2, 0.25) is 0 Å². The number of hydrogen-bond acceptors (Lipinski definition) is 4. The van der Waals surface area contributed by atoms with Crippen LogP contribution in [0.4, 0.5) is 0 Å². The molecule has 15 heavy (non-hydrogen) atoms. The SMILES string of the molecule is O=P(O)(O)CC(O)(P(=O)(O)O)P(=O)(O)O. The first-order valence-corrected chi connectivity index (χ1v) is 8.11. The number of rotatable bonds is 4. The van der Waals surface area contributed by atoms with E-state index < -0.39 is 34.0 Å². The molecule has 0 aromatic heterocycles. The Hall–Kier alpha value is 0.410. The second kappa shape index (κ2) is 4.01. The van der Waals surface area contributed by atoms with Gasteiger partial charge >= 0.3 is 22.8 Å². The van der Waals surface area contributed by atoms with Crippen molar-refractivity contribution in [3.63, 3.8) is 0 Å². The molecule has 0 saturated heterocycles. The number of aliphatic hydroxyl groups is 1. The molecule has 0 amide bonds. The van der Waals surface area contributed by atoms with Crippen LogP contribution in [0, 0.1) is 0 Å². The van der Waals surface area contributed by atoms with Gasteiger partial charge in [-0.05, 0) is 0 Å². The smallest absolute Gasteiger partial charge is 0.367 e. The average molecular weight is 286 g/mol. The highest BCUT2D eigenvalue weighted by molar-refractivity contribution is 7.73. The monoisotopic (exact) mass is 286 g/mol. The van der Waals surface area contributed by atoms with Crippen LogP contribution >= 0.6 is 22.8 Å². The third-order valence-corrected chi connectivity index (χ3v) is 6.47. The molecular weight excluding hydrogens is 277 g/mol. The molecule has 10 nitrogen and oxygen atoms in total. The van der Waals surface area contributed by atoms with Crippen molar-refractivity contribution in [1.29, 1.82) is 0 Å². The molecule has 0 heterocycles. The minimum atomic E-state index is -5.81. The molecule has 92 valence electrons. The Morgan fingerprint density at radius 2 is 1.07 bits per heavy atom. The van der Waals surface area contributed by atoms with Crippen LogP contribution in [0.25, 0.3) is 0 Å². The lowest BCUT2D eigenvalue weighted by atomic mass is 10.8. The average Bonchev–Trinajstić information content (AvgIpc) is 1.77. The Kier molecular flexibility index (Phi) is 4.12. The van der Waals surface area contributed by atoms with Crippen LogP contribution in [0.5, 0.6) is 0 Å². The van der Waals surface area contributed by atoms with E-state index in [4.69, 9.17) is 34.5 Å². The van der Waals surface area contributed by atoms with Crippen LogP contribution < -0.4 is 0 Å². The largest absolute Gasteiger partial charge is 0.370 e. The lowest BCUT2D eigenvalue weighted by molar-refractivity contribution is 0.142. The lowest BCUT2D eigenvalue weighted by Crippen LogP contribution is -2.32. The minimum Gasteiger partial charge on any atom is -0.367 e. The van der Waals surface area contributed by atoms with E-state index in [1.807, 2.05) is 0 Å². The summed E-state index contributed by atoms with van der Waals surface area (Å²) in [6.45, 7) is 0. The maximum atomic E-state index is 10.6. The lowest BCUT2D eigenvalue weighted by Gasteiger charge is -2.28. The van der Waals surface area contributed by atoms with Gasteiger partial charge in [-0.2, -0.15) is 0 Å². The van der Waals surface area contributed by atoms with E-state index in [2.05, 4.69) is 0 Å². The predicted molar refractivity (Wildman–Crippen MR) is 45.9 cm³/mol. The van der Waals surface area contributed by atoms with E-state index >= 15 is 0 Å². The number of hydrogen-bond donors (Lipinski definition) is 7. The highest BCUT2D eigenvalue weighted by atomic mass is 31.2. The molecule has 0 aliphatic rings. The zero-order valence-corrected chi connectivity index (χ0v) is 9.59. The Balaban J connectivity index is 5.57. The van der Waals surface area contributed by atoms with Gasteiger partial charge in [-0.25, -0.2) is 0 Å². The molecule has 0 atom stereocenters. The standard InChI is InChI=1S/C2H9O10P3/c3-2(14(7,8)9,15(10,11)12)1-13(4,5)6/h3H,1H2,(H2,4,5,6)(H2,7,8,9)(H2,10,11,12). The van der Waals surface area contributed by atoms with Crippen molar-refractivity contribution < 1.29 is 48.2 Å². The van der Waals surface area contributed by atoms with Crippen molar-refractivity contribution >= 4 is 22.8 Å². The molecule has 0 spiro atoms. The van der Waals surface area contributed by atoms with Gasteiger partial charge in [-0.15, -0.1) is 0 Å². The van der Waals surface area contributed by atoms with Crippen LogP contribution in [0.1, 0.15) is 0 Å². The topological polar surface area (TPSA) is 193 Å². The van der Waals surface area contributed by atoms with Gasteiger partial charge in [0, 0.05) is 0 Å². The van der Waals surface area contributed by atoms with Crippen LogP contribution in [-0.4, -0.2) is 45.7 Å². The van der Waals surface area contributed by atoms with Gasteiger partial charge in [-0.1, -0.05) is 0 Å². The van der Waals surface area contributed by atoms with E-state index in [-0.39, 0.29) is 0 Å². The van der Waals surface area contributed by atoms with E-state index in [1.54, 1.807) is 0 Å². The zero-order chi connectivity index (χ0) is 12.7. The highest BCUT2D eigenvalue weighted by Gasteiger charge is 2.62. The molecule has 13 heteroatoms. The molecule has 0 radical (unpaired) electrons. The molecule has 0 bridgehead atoms. The summed E-state index contributed by atoms with van der Waals surface area (Å²) in [6.07, 6.45) is -2.03. The minimum absolute atomic E-state index is 2.03. The van der Waals surface area contributed by atoms with Gasteiger partial charge in [0.2, 0.25) is 0 Å². The fourth-order valence-electron chi connectivity index (χ4n) is 0.630. The van der Waals surface area contributed by atoms with E-state index in [1.165, 1.54) is 0 Å². The second-order valence-electron chi connectivity index (χ2n) is 2.69. The quantitative estimate of drug-likeness (QED) is 0.289. The van der Waals surface area contributed by atoms with Gasteiger partial charge < -0.3 is 34.5 Å². The fourth-order valence-corrected chi connectivity index (χ4v) is 5.12. The summed E-state index contributed by atoms with van der Waals surface area (Å²) in [5.74, 6) is 0. The molecule has 7 N–H and O–H groups in total. The van der Waals surface area contributed by atoms with Crippen LogP contribution in [0.15, 0.2) is 0 Å². The highest BCUT2D eigenvalue weighted by Crippen LogP contribution is 2.70. The Bertz CT molecular complexity index is 344. The predicted octanol–water partition coefficient (Wildman–Crippen LogP) is -1.83. The maximum absolute atomic E-state index is 10.6. The maximum Gasteiger partial charge on any atom is 0.370 e. The van der Waals surface area contributed by atoms with Gasteiger partial charge in [0.1, 0.15) is 6.16 Å².